The largest absolute Gasteiger partial charge is 0.390 e. The second-order valence-corrected chi connectivity index (χ2v) is 6.10. The lowest BCUT2D eigenvalue weighted by molar-refractivity contribution is -0.0873. The van der Waals surface area contributed by atoms with Gasteiger partial charge in [-0.25, -0.2) is 4.39 Å². The molecule has 19 heavy (non-hydrogen) atoms. The number of aliphatic hydroxyl groups is 1. The Morgan fingerprint density at radius 1 is 1.37 bits per heavy atom. The van der Waals surface area contributed by atoms with Crippen LogP contribution in [0.1, 0.15) is 33.3 Å². The van der Waals surface area contributed by atoms with Gasteiger partial charge in [0, 0.05) is 13.0 Å². The normalized spacial score (nSPS) is 15.3. The van der Waals surface area contributed by atoms with Crippen LogP contribution in [0.4, 0.5) is 4.39 Å². The van der Waals surface area contributed by atoms with Crippen molar-refractivity contribution >= 4 is 11.6 Å². The van der Waals surface area contributed by atoms with Crippen LogP contribution in [0.2, 0.25) is 5.02 Å². The summed E-state index contributed by atoms with van der Waals surface area (Å²) in [6.45, 7) is 8.42. The molecule has 4 heteroatoms. The molecule has 0 heterocycles. The molecule has 2 nitrogen and oxygen atoms in total. The van der Waals surface area contributed by atoms with Crippen LogP contribution in [0.5, 0.6) is 0 Å². The van der Waals surface area contributed by atoms with E-state index in [0.29, 0.717) is 12.2 Å². The van der Waals surface area contributed by atoms with Crippen molar-refractivity contribution in [3.63, 3.8) is 0 Å². The lowest BCUT2D eigenvalue weighted by Crippen LogP contribution is -2.41. The highest BCUT2D eigenvalue weighted by Crippen LogP contribution is 2.28. The molecule has 0 aliphatic heterocycles. The smallest absolute Gasteiger partial charge is 0.142 e. The number of ether oxygens (including phenoxy) is 1. The van der Waals surface area contributed by atoms with Gasteiger partial charge in [-0.05, 0) is 24.0 Å². The first-order valence-corrected chi connectivity index (χ1v) is 6.87. The van der Waals surface area contributed by atoms with Crippen LogP contribution in [0.15, 0.2) is 18.2 Å². The predicted octanol–water partition coefficient (Wildman–Crippen LogP) is 3.83. The van der Waals surface area contributed by atoms with Gasteiger partial charge in [0.15, 0.2) is 0 Å². The maximum atomic E-state index is 13.4. The van der Waals surface area contributed by atoms with E-state index in [1.807, 2.05) is 27.7 Å². The number of halogens is 2. The van der Waals surface area contributed by atoms with Gasteiger partial charge in [0.25, 0.3) is 0 Å². The molecule has 108 valence electrons. The molecule has 0 aliphatic carbocycles. The fourth-order valence-corrected chi connectivity index (χ4v) is 2.36. The molecule has 2 unspecified atom stereocenters. The lowest BCUT2D eigenvalue weighted by Gasteiger charge is -2.34. The zero-order chi connectivity index (χ0) is 14.6. The Kier molecular flexibility index (Phi) is 5.78. The lowest BCUT2D eigenvalue weighted by atomic mass is 9.83. The zero-order valence-electron chi connectivity index (χ0n) is 11.9. The average Bonchev–Trinajstić information content (AvgIpc) is 2.30. The Bertz CT molecular complexity index is 415. The second kappa shape index (κ2) is 6.69. The van der Waals surface area contributed by atoms with E-state index < -0.39 is 11.9 Å². The van der Waals surface area contributed by atoms with E-state index >= 15 is 0 Å². The van der Waals surface area contributed by atoms with Crippen molar-refractivity contribution in [2.75, 3.05) is 6.61 Å². The highest BCUT2D eigenvalue weighted by atomic mass is 35.5. The molecule has 0 radical (unpaired) electrons. The van der Waals surface area contributed by atoms with Crippen LogP contribution in [0, 0.1) is 11.2 Å². The molecule has 0 amide bonds. The van der Waals surface area contributed by atoms with Crippen LogP contribution < -0.4 is 0 Å². The topological polar surface area (TPSA) is 29.5 Å². The van der Waals surface area contributed by atoms with Crippen LogP contribution >= 0.6 is 11.6 Å². The van der Waals surface area contributed by atoms with Crippen LogP contribution in [-0.4, -0.2) is 23.9 Å². The van der Waals surface area contributed by atoms with Gasteiger partial charge in [-0.2, -0.15) is 0 Å². The molecule has 0 spiro atoms. The summed E-state index contributed by atoms with van der Waals surface area (Å²) in [6.07, 6.45) is -0.769. The molecule has 0 aromatic heterocycles. The quantitative estimate of drug-likeness (QED) is 0.892. The maximum Gasteiger partial charge on any atom is 0.142 e. The molecule has 1 aromatic rings. The zero-order valence-corrected chi connectivity index (χ0v) is 12.7. The van der Waals surface area contributed by atoms with Crippen molar-refractivity contribution in [2.45, 2.75) is 46.3 Å². The molecular weight excluding hydrogens is 267 g/mol. The fraction of sp³-hybridized carbons (Fsp3) is 0.600. The Morgan fingerprint density at radius 2 is 2.00 bits per heavy atom. The fourth-order valence-electron chi connectivity index (χ4n) is 2.16. The van der Waals surface area contributed by atoms with Gasteiger partial charge in [0.2, 0.25) is 0 Å². The standard InChI is InChI=1S/C15H22ClFO2/c1-5-19-14(15(2,3)4)12(18)9-10-7-6-8-11(17)13(10)16/h6-8,12,14,18H,5,9H2,1-4H3. The first-order valence-electron chi connectivity index (χ1n) is 6.50. The van der Waals surface area contributed by atoms with Gasteiger partial charge in [0.1, 0.15) is 5.82 Å². The third-order valence-corrected chi connectivity index (χ3v) is 3.43. The number of benzene rings is 1. The van der Waals surface area contributed by atoms with Crippen molar-refractivity contribution < 1.29 is 14.2 Å². The van der Waals surface area contributed by atoms with Crippen molar-refractivity contribution in [1.82, 2.24) is 0 Å². The van der Waals surface area contributed by atoms with Crippen LogP contribution in [0.3, 0.4) is 0 Å². The summed E-state index contributed by atoms with van der Waals surface area (Å²) in [5, 5.41) is 10.4. The summed E-state index contributed by atoms with van der Waals surface area (Å²) in [4.78, 5) is 0. The van der Waals surface area contributed by atoms with Crippen LogP contribution in [-0.2, 0) is 11.2 Å². The van der Waals surface area contributed by atoms with E-state index in [1.54, 1.807) is 12.1 Å². The highest BCUT2D eigenvalue weighted by molar-refractivity contribution is 6.31. The summed E-state index contributed by atoms with van der Waals surface area (Å²) in [5.41, 5.74) is 0.401. The minimum absolute atomic E-state index is 0.0747. The van der Waals surface area contributed by atoms with E-state index in [1.165, 1.54) is 6.07 Å². The Balaban J connectivity index is 2.87. The third-order valence-electron chi connectivity index (χ3n) is 3.01. The monoisotopic (exact) mass is 288 g/mol. The molecular formula is C15H22ClFO2. The summed E-state index contributed by atoms with van der Waals surface area (Å²) in [7, 11) is 0. The van der Waals surface area contributed by atoms with Gasteiger partial charge in [-0.15, -0.1) is 0 Å². The molecule has 0 saturated carbocycles. The molecule has 1 N–H and O–H groups in total. The molecule has 0 bridgehead atoms. The minimum Gasteiger partial charge on any atom is -0.390 e. The van der Waals surface area contributed by atoms with E-state index in [9.17, 15) is 9.50 Å². The molecule has 0 aliphatic rings. The Morgan fingerprint density at radius 3 is 2.53 bits per heavy atom. The SMILES string of the molecule is CCOC(C(O)Cc1cccc(F)c1Cl)C(C)(C)C. The van der Waals surface area contributed by atoms with E-state index in [-0.39, 0.29) is 23.0 Å². The van der Waals surface area contributed by atoms with Crippen molar-refractivity contribution in [3.8, 4) is 0 Å². The highest BCUT2D eigenvalue weighted by Gasteiger charge is 2.32. The van der Waals surface area contributed by atoms with Gasteiger partial charge >= 0.3 is 0 Å². The number of aliphatic hydroxyl groups excluding tert-OH is 1. The maximum absolute atomic E-state index is 13.4. The summed E-state index contributed by atoms with van der Waals surface area (Å²) < 4.78 is 19.0. The summed E-state index contributed by atoms with van der Waals surface area (Å²) in [6, 6.07) is 4.62. The van der Waals surface area contributed by atoms with Crippen molar-refractivity contribution in [3.05, 3.63) is 34.6 Å². The molecule has 0 fully saturated rings. The Labute approximate surface area is 119 Å². The summed E-state index contributed by atoms with van der Waals surface area (Å²) in [5.74, 6) is -0.463. The van der Waals surface area contributed by atoms with E-state index in [0.717, 1.165) is 0 Å². The van der Waals surface area contributed by atoms with Gasteiger partial charge in [0.05, 0.1) is 17.2 Å². The molecule has 2 atom stereocenters. The predicted molar refractivity (Wildman–Crippen MR) is 76.0 cm³/mol. The minimum atomic E-state index is -0.723. The number of hydrogen-bond donors (Lipinski definition) is 1. The van der Waals surface area contributed by atoms with E-state index in [2.05, 4.69) is 0 Å². The molecule has 0 saturated heterocycles. The first-order chi connectivity index (χ1) is 8.77. The van der Waals surface area contributed by atoms with Crippen LogP contribution in [0.25, 0.3) is 0 Å². The number of hydrogen-bond acceptors (Lipinski definition) is 2. The molecule has 1 rings (SSSR count). The second-order valence-electron chi connectivity index (χ2n) is 5.73. The Hall–Kier alpha value is -0.640. The van der Waals surface area contributed by atoms with Gasteiger partial charge in [-0.3, -0.25) is 0 Å². The van der Waals surface area contributed by atoms with Crippen molar-refractivity contribution in [1.29, 1.82) is 0 Å². The van der Waals surface area contributed by atoms with Crippen molar-refractivity contribution in [2.24, 2.45) is 5.41 Å². The third kappa shape index (κ3) is 4.44. The van der Waals surface area contributed by atoms with Gasteiger partial charge < -0.3 is 9.84 Å². The summed E-state index contributed by atoms with van der Waals surface area (Å²) >= 11 is 5.91. The average molecular weight is 289 g/mol. The first kappa shape index (κ1) is 16.4. The van der Waals surface area contributed by atoms with Gasteiger partial charge in [-0.1, -0.05) is 44.5 Å². The van der Waals surface area contributed by atoms with E-state index in [4.69, 9.17) is 16.3 Å². The number of rotatable bonds is 5. The molecule has 1 aromatic carbocycles.